The maximum atomic E-state index is 14.8. The maximum Gasteiger partial charge on any atom is 0.167 e. The van der Waals surface area contributed by atoms with Crippen LogP contribution in [0.2, 0.25) is 0 Å². The molecular weight excluding hydrogens is 461 g/mol. The molecule has 0 aromatic heterocycles. The fraction of sp³-hybridized carbons (Fsp3) is 0.290. The zero-order chi connectivity index (χ0) is 25.7. The van der Waals surface area contributed by atoms with E-state index in [0.29, 0.717) is 11.1 Å². The smallest absolute Gasteiger partial charge is 0.167 e. The molecule has 0 spiro atoms. The average molecular weight is 493 g/mol. The summed E-state index contributed by atoms with van der Waals surface area (Å²) in [5.41, 5.74) is 2.65. The monoisotopic (exact) mass is 492 g/mol. The van der Waals surface area contributed by atoms with E-state index in [0.717, 1.165) is 31.2 Å². The highest BCUT2D eigenvalue weighted by Crippen LogP contribution is 2.38. The van der Waals surface area contributed by atoms with Gasteiger partial charge in [-0.1, -0.05) is 67.3 Å². The molecule has 0 aliphatic heterocycles. The van der Waals surface area contributed by atoms with E-state index in [1.807, 2.05) is 12.1 Å². The standard InChI is InChI=1S/C31H31F3O2/c1-3-18-36-29-17-15-26(19-28(29)32)23-7-4-21(5-8-23)6-9-25-14-16-27(31(34)30(25)33)24-12-10-22(11-13-24)20(2)35/h3,6,9-17,19-21,23,35H,1,4-5,7-8,18H2,2H3/b9-6+. The van der Waals surface area contributed by atoms with Crippen molar-refractivity contribution in [1.29, 1.82) is 0 Å². The van der Waals surface area contributed by atoms with E-state index in [2.05, 4.69) is 6.58 Å². The van der Waals surface area contributed by atoms with Crippen molar-refractivity contribution in [3.63, 3.8) is 0 Å². The summed E-state index contributed by atoms with van der Waals surface area (Å²) >= 11 is 0. The van der Waals surface area contributed by atoms with Gasteiger partial charge in [0, 0.05) is 11.1 Å². The second-order valence-electron chi connectivity index (χ2n) is 9.39. The Labute approximate surface area is 210 Å². The van der Waals surface area contributed by atoms with Crippen LogP contribution in [0.4, 0.5) is 13.2 Å². The first-order valence-corrected chi connectivity index (χ1v) is 12.3. The molecule has 0 amide bonds. The zero-order valence-electron chi connectivity index (χ0n) is 20.4. The minimum absolute atomic E-state index is 0.190. The lowest BCUT2D eigenvalue weighted by Crippen LogP contribution is -2.12. The van der Waals surface area contributed by atoms with Crippen molar-refractivity contribution in [3.8, 4) is 16.9 Å². The molecule has 0 bridgehead atoms. The Bertz CT molecular complexity index is 1220. The summed E-state index contributed by atoms with van der Waals surface area (Å²) in [5.74, 6) is -1.36. The molecule has 1 N–H and O–H groups in total. The molecule has 1 atom stereocenters. The summed E-state index contributed by atoms with van der Waals surface area (Å²) in [6.45, 7) is 5.49. The molecule has 1 aliphatic rings. The fourth-order valence-corrected chi connectivity index (χ4v) is 4.78. The van der Waals surface area contributed by atoms with Gasteiger partial charge in [0.1, 0.15) is 6.61 Å². The Kier molecular flexibility index (Phi) is 8.32. The lowest BCUT2D eigenvalue weighted by Gasteiger charge is -2.27. The Hall–Kier alpha value is -3.31. The van der Waals surface area contributed by atoms with Crippen molar-refractivity contribution in [1.82, 2.24) is 0 Å². The van der Waals surface area contributed by atoms with Crippen LogP contribution in [0.1, 0.15) is 61.3 Å². The fourth-order valence-electron chi connectivity index (χ4n) is 4.78. The molecule has 0 radical (unpaired) electrons. The normalized spacial score (nSPS) is 18.8. The van der Waals surface area contributed by atoms with Crippen molar-refractivity contribution in [2.24, 2.45) is 5.92 Å². The van der Waals surface area contributed by atoms with Crippen LogP contribution in [-0.4, -0.2) is 11.7 Å². The molecule has 0 saturated heterocycles. The highest BCUT2D eigenvalue weighted by molar-refractivity contribution is 5.67. The first kappa shape index (κ1) is 25.8. The molecule has 1 saturated carbocycles. The highest BCUT2D eigenvalue weighted by Gasteiger charge is 2.22. The van der Waals surface area contributed by atoms with Crippen LogP contribution in [0, 0.1) is 23.4 Å². The van der Waals surface area contributed by atoms with Gasteiger partial charge in [-0.05, 0) is 73.3 Å². The quantitative estimate of drug-likeness (QED) is 0.320. The van der Waals surface area contributed by atoms with Crippen molar-refractivity contribution >= 4 is 6.08 Å². The predicted molar refractivity (Wildman–Crippen MR) is 138 cm³/mol. The Morgan fingerprint density at radius 1 is 0.972 bits per heavy atom. The molecule has 5 heteroatoms. The van der Waals surface area contributed by atoms with Crippen LogP contribution in [0.3, 0.4) is 0 Å². The Morgan fingerprint density at radius 3 is 2.33 bits per heavy atom. The number of hydrogen-bond acceptors (Lipinski definition) is 2. The number of hydrogen-bond donors (Lipinski definition) is 1. The lowest BCUT2D eigenvalue weighted by atomic mass is 9.78. The molecule has 188 valence electrons. The van der Waals surface area contributed by atoms with Crippen molar-refractivity contribution < 1.29 is 23.0 Å². The van der Waals surface area contributed by atoms with E-state index in [4.69, 9.17) is 4.74 Å². The van der Waals surface area contributed by atoms with Crippen molar-refractivity contribution in [2.45, 2.75) is 44.6 Å². The molecule has 1 aliphatic carbocycles. The predicted octanol–water partition coefficient (Wildman–Crippen LogP) is 8.38. The number of benzene rings is 3. The van der Waals surface area contributed by atoms with Crippen LogP contribution >= 0.6 is 0 Å². The second kappa shape index (κ2) is 11.6. The second-order valence-corrected chi connectivity index (χ2v) is 9.39. The SMILES string of the molecule is C=CCOc1ccc(C2CCC(/C=C/c3ccc(-c4ccc(C(C)O)cc4)c(F)c3F)CC2)cc1F. The summed E-state index contributed by atoms with van der Waals surface area (Å²) in [7, 11) is 0. The highest BCUT2D eigenvalue weighted by atomic mass is 19.2. The molecule has 4 rings (SSSR count). The van der Waals surface area contributed by atoms with E-state index in [9.17, 15) is 18.3 Å². The molecule has 2 nitrogen and oxygen atoms in total. The third-order valence-electron chi connectivity index (χ3n) is 6.92. The minimum atomic E-state index is -0.881. The van der Waals surface area contributed by atoms with Crippen LogP contribution in [0.15, 0.2) is 73.3 Å². The number of aliphatic hydroxyl groups is 1. The summed E-state index contributed by atoms with van der Waals surface area (Å²) in [5, 5.41) is 9.64. The van der Waals surface area contributed by atoms with Crippen LogP contribution in [0.25, 0.3) is 17.2 Å². The first-order valence-electron chi connectivity index (χ1n) is 12.3. The molecule has 3 aromatic carbocycles. The third-order valence-corrected chi connectivity index (χ3v) is 6.92. The zero-order valence-corrected chi connectivity index (χ0v) is 20.4. The molecule has 36 heavy (non-hydrogen) atoms. The first-order chi connectivity index (χ1) is 17.4. The lowest BCUT2D eigenvalue weighted by molar-refractivity contribution is 0.199. The molecule has 3 aromatic rings. The van der Waals surface area contributed by atoms with Crippen molar-refractivity contribution in [3.05, 3.63) is 107 Å². The number of ether oxygens (including phenoxy) is 1. The van der Waals surface area contributed by atoms with Gasteiger partial charge in [0.25, 0.3) is 0 Å². The van der Waals surface area contributed by atoms with Gasteiger partial charge in [0.15, 0.2) is 23.2 Å². The number of aliphatic hydroxyl groups excluding tert-OH is 1. The van der Waals surface area contributed by atoms with Gasteiger partial charge in [0.2, 0.25) is 0 Å². The van der Waals surface area contributed by atoms with Gasteiger partial charge in [-0.15, -0.1) is 0 Å². The summed E-state index contributed by atoms with van der Waals surface area (Å²) in [6.07, 6.45) is 8.18. The topological polar surface area (TPSA) is 29.5 Å². The number of allylic oxidation sites excluding steroid dienone is 1. The maximum absolute atomic E-state index is 14.8. The Morgan fingerprint density at radius 2 is 1.69 bits per heavy atom. The number of halogens is 3. The van der Waals surface area contributed by atoms with E-state index < -0.39 is 17.7 Å². The van der Waals surface area contributed by atoms with Crippen LogP contribution < -0.4 is 4.74 Å². The molecular formula is C31H31F3O2. The summed E-state index contributed by atoms with van der Waals surface area (Å²) in [6, 6.07) is 15.1. The number of rotatable bonds is 8. The van der Waals surface area contributed by atoms with Gasteiger partial charge in [-0.2, -0.15) is 0 Å². The van der Waals surface area contributed by atoms with E-state index >= 15 is 0 Å². The van der Waals surface area contributed by atoms with E-state index in [1.54, 1.807) is 67.6 Å². The summed E-state index contributed by atoms with van der Waals surface area (Å²) in [4.78, 5) is 0. The van der Waals surface area contributed by atoms with Gasteiger partial charge >= 0.3 is 0 Å². The van der Waals surface area contributed by atoms with Crippen LogP contribution in [-0.2, 0) is 0 Å². The van der Waals surface area contributed by atoms with E-state index in [-0.39, 0.29) is 41.1 Å². The summed E-state index contributed by atoms with van der Waals surface area (Å²) < 4.78 is 49.3. The van der Waals surface area contributed by atoms with Crippen LogP contribution in [0.5, 0.6) is 5.75 Å². The van der Waals surface area contributed by atoms with Gasteiger partial charge in [-0.25, -0.2) is 13.2 Å². The van der Waals surface area contributed by atoms with Gasteiger partial charge in [-0.3, -0.25) is 0 Å². The molecule has 1 fully saturated rings. The van der Waals surface area contributed by atoms with Gasteiger partial charge in [0.05, 0.1) is 6.10 Å². The average Bonchev–Trinajstić information content (AvgIpc) is 2.89. The molecule has 1 unspecified atom stereocenters. The van der Waals surface area contributed by atoms with E-state index in [1.165, 1.54) is 0 Å². The molecule has 0 heterocycles. The largest absolute Gasteiger partial charge is 0.486 e. The third kappa shape index (κ3) is 5.90. The minimum Gasteiger partial charge on any atom is -0.486 e. The Balaban J connectivity index is 1.38. The van der Waals surface area contributed by atoms with Crippen molar-refractivity contribution in [2.75, 3.05) is 6.61 Å². The van der Waals surface area contributed by atoms with Gasteiger partial charge < -0.3 is 9.84 Å².